The van der Waals surface area contributed by atoms with Gasteiger partial charge < -0.3 is 14.2 Å². The van der Waals surface area contributed by atoms with E-state index in [1.807, 2.05) is 11.9 Å². The fourth-order valence-corrected chi connectivity index (χ4v) is 6.42. The molecule has 31 heavy (non-hydrogen) atoms. The van der Waals surface area contributed by atoms with Crippen LogP contribution in [-0.4, -0.2) is 53.3 Å². The van der Waals surface area contributed by atoms with Crippen LogP contribution >= 0.6 is 35.0 Å². The Morgan fingerprint density at radius 2 is 2.16 bits per heavy atom. The van der Waals surface area contributed by atoms with E-state index in [1.54, 1.807) is 35.0 Å². The number of para-hydroxylation sites is 1. The molecule has 0 fully saturated rings. The molecule has 0 spiro atoms. The summed E-state index contributed by atoms with van der Waals surface area (Å²) in [5, 5.41) is 4.49. The highest BCUT2D eigenvalue weighted by Crippen LogP contribution is 2.36. The van der Waals surface area contributed by atoms with E-state index in [9.17, 15) is 4.79 Å². The number of carbonyl (C=O) groups is 1. The fraction of sp³-hybridized carbons (Fsp3) is 0.391. The van der Waals surface area contributed by atoms with Gasteiger partial charge in [-0.05, 0) is 41.9 Å². The van der Waals surface area contributed by atoms with Crippen molar-refractivity contribution in [3.8, 4) is 0 Å². The van der Waals surface area contributed by atoms with Crippen molar-refractivity contribution in [2.45, 2.75) is 35.6 Å². The van der Waals surface area contributed by atoms with Gasteiger partial charge in [-0.15, -0.1) is 11.3 Å². The average Bonchev–Trinajstić information content (AvgIpc) is 3.51. The largest absolute Gasteiger partial charge is 0.351 e. The summed E-state index contributed by atoms with van der Waals surface area (Å²) in [5.74, 6) is 0.216. The summed E-state index contributed by atoms with van der Waals surface area (Å²) in [6.07, 6.45) is 2.70. The van der Waals surface area contributed by atoms with Gasteiger partial charge >= 0.3 is 0 Å². The zero-order valence-electron chi connectivity index (χ0n) is 18.1. The molecule has 0 bridgehead atoms. The van der Waals surface area contributed by atoms with Crippen molar-refractivity contribution in [1.82, 2.24) is 9.88 Å². The van der Waals surface area contributed by atoms with Crippen molar-refractivity contribution in [1.29, 1.82) is 0 Å². The lowest BCUT2D eigenvalue weighted by Crippen LogP contribution is -2.30. The van der Waals surface area contributed by atoms with Crippen LogP contribution in [0.3, 0.4) is 0 Å². The maximum Gasteiger partial charge on any atom is 0.223 e. The Balaban J connectivity index is 1.44. The molecule has 0 radical (unpaired) electrons. The molecule has 1 N–H and O–H groups in total. The van der Waals surface area contributed by atoms with Crippen LogP contribution in [0.4, 0.5) is 5.69 Å². The SMILES string of the molecule is CCCCN(C)C(=O)CC1CN=C(c2cc3cccc(N(C)Sc4cccs4)c3[nH]2)S1. The van der Waals surface area contributed by atoms with Gasteiger partial charge in [0.05, 0.1) is 27.7 Å². The number of amides is 1. The van der Waals surface area contributed by atoms with E-state index in [-0.39, 0.29) is 11.2 Å². The predicted octanol–water partition coefficient (Wildman–Crippen LogP) is 5.88. The molecule has 1 aliphatic rings. The van der Waals surface area contributed by atoms with Gasteiger partial charge in [-0.25, -0.2) is 0 Å². The Kier molecular flexibility index (Phi) is 7.30. The second kappa shape index (κ2) is 10.1. The third kappa shape index (κ3) is 5.30. The van der Waals surface area contributed by atoms with Crippen LogP contribution < -0.4 is 4.31 Å². The molecular formula is C23H28N4OS3. The van der Waals surface area contributed by atoms with Gasteiger partial charge in [0.1, 0.15) is 5.04 Å². The van der Waals surface area contributed by atoms with Crippen LogP contribution in [-0.2, 0) is 4.79 Å². The first-order chi connectivity index (χ1) is 15.0. The number of aromatic amines is 1. The van der Waals surface area contributed by atoms with E-state index in [0.29, 0.717) is 13.0 Å². The molecule has 0 saturated heterocycles. The van der Waals surface area contributed by atoms with Crippen LogP contribution in [0.25, 0.3) is 10.9 Å². The number of thioether (sulfide) groups is 1. The quantitative estimate of drug-likeness (QED) is 0.395. The van der Waals surface area contributed by atoms with Gasteiger partial charge in [-0.2, -0.15) is 0 Å². The van der Waals surface area contributed by atoms with Gasteiger partial charge in [-0.3, -0.25) is 9.79 Å². The zero-order chi connectivity index (χ0) is 21.8. The number of unbranched alkanes of at least 4 members (excludes halogenated alkanes) is 1. The van der Waals surface area contributed by atoms with E-state index in [1.165, 1.54) is 9.60 Å². The summed E-state index contributed by atoms with van der Waals surface area (Å²) in [7, 11) is 4.00. The monoisotopic (exact) mass is 472 g/mol. The number of carbonyl (C=O) groups excluding carboxylic acids is 1. The summed E-state index contributed by atoms with van der Waals surface area (Å²) >= 11 is 5.20. The Bertz CT molecular complexity index is 1060. The minimum Gasteiger partial charge on any atom is -0.351 e. The molecule has 1 unspecified atom stereocenters. The van der Waals surface area contributed by atoms with Crippen molar-refractivity contribution in [3.05, 3.63) is 47.5 Å². The van der Waals surface area contributed by atoms with Crippen molar-refractivity contribution in [2.24, 2.45) is 4.99 Å². The van der Waals surface area contributed by atoms with E-state index >= 15 is 0 Å². The lowest BCUT2D eigenvalue weighted by atomic mass is 10.2. The van der Waals surface area contributed by atoms with E-state index < -0.39 is 0 Å². The third-order valence-electron chi connectivity index (χ3n) is 5.32. The van der Waals surface area contributed by atoms with Crippen LogP contribution in [0.5, 0.6) is 0 Å². The van der Waals surface area contributed by atoms with Gasteiger partial charge in [0, 0.05) is 37.7 Å². The van der Waals surface area contributed by atoms with Gasteiger partial charge in [0.25, 0.3) is 0 Å². The highest BCUT2D eigenvalue weighted by atomic mass is 32.2. The molecule has 4 rings (SSSR count). The number of rotatable bonds is 9. The van der Waals surface area contributed by atoms with Crippen molar-refractivity contribution < 1.29 is 4.79 Å². The zero-order valence-corrected chi connectivity index (χ0v) is 20.6. The number of nitrogens with one attached hydrogen (secondary N) is 1. The number of nitrogens with zero attached hydrogens (tertiary/aromatic N) is 3. The summed E-state index contributed by atoms with van der Waals surface area (Å²) in [4.78, 5) is 22.7. The lowest BCUT2D eigenvalue weighted by molar-refractivity contribution is -0.129. The van der Waals surface area contributed by atoms with Crippen molar-refractivity contribution in [3.63, 3.8) is 0 Å². The summed E-state index contributed by atoms with van der Waals surface area (Å²) in [6.45, 7) is 3.68. The van der Waals surface area contributed by atoms with Crippen LogP contribution in [0.2, 0.25) is 0 Å². The minimum absolute atomic E-state index is 0.216. The molecule has 5 nitrogen and oxygen atoms in total. The smallest absolute Gasteiger partial charge is 0.223 e. The maximum absolute atomic E-state index is 12.5. The molecule has 1 aliphatic heterocycles. The number of anilines is 1. The number of H-pyrrole nitrogens is 1. The second-order valence-electron chi connectivity index (χ2n) is 7.70. The first-order valence-electron chi connectivity index (χ1n) is 10.6. The topological polar surface area (TPSA) is 51.7 Å². The third-order valence-corrected chi connectivity index (χ3v) is 8.50. The van der Waals surface area contributed by atoms with E-state index in [2.05, 4.69) is 65.0 Å². The van der Waals surface area contributed by atoms with Gasteiger partial charge in [0.2, 0.25) is 5.91 Å². The van der Waals surface area contributed by atoms with Crippen LogP contribution in [0.15, 0.2) is 51.0 Å². The highest BCUT2D eigenvalue weighted by Gasteiger charge is 2.25. The number of benzene rings is 1. The van der Waals surface area contributed by atoms with Gasteiger partial charge in [0.15, 0.2) is 0 Å². The van der Waals surface area contributed by atoms with Gasteiger partial charge in [-0.1, -0.05) is 43.3 Å². The molecule has 1 aromatic carbocycles. The lowest BCUT2D eigenvalue weighted by Gasteiger charge is -2.18. The molecule has 1 atom stereocenters. The standard InChI is InChI=1S/C23H28N4OS3/c1-4-5-11-26(2)20(28)14-17-15-24-23(30-17)18-13-16-8-6-9-19(22(16)25-18)27(3)31-21-10-7-12-29-21/h6-10,12-13,17,25H,4-5,11,14-15H2,1-3H3. The summed E-state index contributed by atoms with van der Waals surface area (Å²) in [5.41, 5.74) is 3.30. The fourth-order valence-electron chi connectivity index (χ4n) is 3.56. The first-order valence-corrected chi connectivity index (χ1v) is 13.1. The molecule has 3 aromatic rings. The second-order valence-corrected chi connectivity index (χ2v) is 11.4. The Morgan fingerprint density at radius 1 is 1.29 bits per heavy atom. The van der Waals surface area contributed by atoms with E-state index in [0.717, 1.165) is 41.3 Å². The Hall–Kier alpha value is -1.90. The van der Waals surface area contributed by atoms with Crippen LogP contribution in [0, 0.1) is 0 Å². The predicted molar refractivity (Wildman–Crippen MR) is 137 cm³/mol. The van der Waals surface area contributed by atoms with Crippen molar-refractivity contribution in [2.75, 3.05) is 31.5 Å². The number of hydrogen-bond donors (Lipinski definition) is 1. The van der Waals surface area contributed by atoms with Crippen LogP contribution in [0.1, 0.15) is 31.9 Å². The minimum atomic E-state index is 0.216. The molecule has 1 amide bonds. The molecule has 0 aliphatic carbocycles. The molecule has 3 heterocycles. The molecule has 164 valence electrons. The Morgan fingerprint density at radius 3 is 2.94 bits per heavy atom. The Labute approximate surface area is 196 Å². The number of hydrogen-bond acceptors (Lipinski definition) is 6. The number of fused-ring (bicyclic) bond motifs is 1. The highest BCUT2D eigenvalue weighted by molar-refractivity contribution is 8.15. The number of aliphatic imine (C=N–C) groups is 1. The molecule has 0 saturated carbocycles. The number of thiophene rings is 1. The van der Waals surface area contributed by atoms with Crippen molar-refractivity contribution >= 4 is 62.6 Å². The molecule has 2 aromatic heterocycles. The normalized spacial score (nSPS) is 16.0. The maximum atomic E-state index is 12.5. The van der Waals surface area contributed by atoms with E-state index in [4.69, 9.17) is 4.99 Å². The summed E-state index contributed by atoms with van der Waals surface area (Å²) in [6, 6.07) is 12.8. The number of aromatic nitrogens is 1. The molecular weight excluding hydrogens is 444 g/mol. The molecule has 8 heteroatoms. The average molecular weight is 473 g/mol. The first kappa shape index (κ1) is 22.3. The summed E-state index contributed by atoms with van der Waals surface area (Å²) < 4.78 is 3.46.